The second-order valence-electron chi connectivity index (χ2n) is 10.0. The number of ether oxygens (including phenoxy) is 4. The largest absolute Gasteiger partial charge is 0.493 e. The number of pyridine rings is 1. The molecule has 2 aromatic heterocycles. The highest BCUT2D eigenvalue weighted by molar-refractivity contribution is 7.92. The van der Waals surface area contributed by atoms with Crippen molar-refractivity contribution in [2.45, 2.75) is 4.90 Å². The highest BCUT2D eigenvalue weighted by Crippen LogP contribution is 2.35. The Morgan fingerprint density at radius 1 is 0.841 bits per heavy atom. The van der Waals surface area contributed by atoms with Crippen molar-refractivity contribution in [2.24, 2.45) is 0 Å². The van der Waals surface area contributed by atoms with E-state index in [4.69, 9.17) is 24.7 Å². The number of imidazole rings is 1. The van der Waals surface area contributed by atoms with E-state index in [0.29, 0.717) is 30.5 Å². The molecular weight excluding hydrogens is 584 g/mol. The van der Waals surface area contributed by atoms with E-state index in [1.165, 1.54) is 39.5 Å². The zero-order valence-electron chi connectivity index (χ0n) is 24.5. The minimum absolute atomic E-state index is 0.0111. The van der Waals surface area contributed by atoms with Crippen molar-refractivity contribution in [2.75, 3.05) is 63.0 Å². The number of benzene rings is 3. The molecule has 1 aliphatic heterocycles. The van der Waals surface area contributed by atoms with Crippen LogP contribution in [0.25, 0.3) is 27.8 Å². The molecule has 0 bridgehead atoms. The van der Waals surface area contributed by atoms with Gasteiger partial charge < -0.3 is 29.6 Å². The van der Waals surface area contributed by atoms with Gasteiger partial charge in [-0.3, -0.25) is 9.29 Å². The summed E-state index contributed by atoms with van der Waals surface area (Å²) >= 11 is 0. The lowest BCUT2D eigenvalue weighted by atomic mass is 10.1. The second kappa shape index (κ2) is 11.9. The number of hydrogen-bond acceptors (Lipinski definition) is 10. The molecule has 0 atom stereocenters. The van der Waals surface area contributed by atoms with Crippen LogP contribution in [-0.2, 0) is 14.8 Å². The Kier molecular flexibility index (Phi) is 7.89. The maximum atomic E-state index is 13.4. The van der Waals surface area contributed by atoms with Gasteiger partial charge in [-0.05, 0) is 60.2 Å². The molecule has 1 saturated heterocycles. The Morgan fingerprint density at radius 2 is 1.57 bits per heavy atom. The van der Waals surface area contributed by atoms with Gasteiger partial charge in [0.05, 0.1) is 50.5 Å². The van der Waals surface area contributed by atoms with E-state index in [-0.39, 0.29) is 22.2 Å². The number of hydrogen-bond donors (Lipinski definition) is 2. The third-order valence-corrected chi connectivity index (χ3v) is 8.82. The third-order valence-electron chi connectivity index (χ3n) is 7.45. The number of rotatable bonds is 9. The highest BCUT2D eigenvalue weighted by Gasteiger charge is 2.21. The molecule has 6 rings (SSSR count). The average Bonchev–Trinajstić information content (AvgIpc) is 3.39. The van der Waals surface area contributed by atoms with Gasteiger partial charge in [-0.2, -0.15) is 0 Å². The van der Waals surface area contributed by atoms with Crippen molar-refractivity contribution in [1.29, 1.82) is 0 Å². The molecule has 44 heavy (non-hydrogen) atoms. The molecule has 1 fully saturated rings. The first kappa shape index (κ1) is 29.1. The summed E-state index contributed by atoms with van der Waals surface area (Å²) in [7, 11) is 0.308. The average molecular weight is 617 g/mol. The fourth-order valence-corrected chi connectivity index (χ4v) is 6.28. The van der Waals surface area contributed by atoms with Crippen LogP contribution < -0.4 is 29.6 Å². The van der Waals surface area contributed by atoms with Gasteiger partial charge in [0.1, 0.15) is 5.69 Å². The van der Waals surface area contributed by atoms with E-state index >= 15 is 0 Å². The van der Waals surface area contributed by atoms with E-state index in [0.717, 1.165) is 41.1 Å². The van der Waals surface area contributed by atoms with Gasteiger partial charge in [0.2, 0.25) is 11.8 Å². The summed E-state index contributed by atoms with van der Waals surface area (Å²) < 4.78 is 52.6. The maximum Gasteiger partial charge on any atom is 0.262 e. The molecule has 3 heterocycles. The predicted octanol–water partition coefficient (Wildman–Crippen LogP) is 4.33. The lowest BCUT2D eigenvalue weighted by molar-refractivity contribution is 0.122. The number of nitrogens with one attached hydrogen (secondary N) is 1. The van der Waals surface area contributed by atoms with Crippen LogP contribution in [0.5, 0.6) is 17.4 Å². The minimum atomic E-state index is -4.03. The molecule has 0 amide bonds. The molecular formula is C31H32N6O6S. The first-order valence-electron chi connectivity index (χ1n) is 13.8. The zero-order valence-corrected chi connectivity index (χ0v) is 25.3. The zero-order chi connectivity index (χ0) is 30.8. The number of nitrogens with zero attached hydrogens (tertiary/aromatic N) is 4. The molecule has 5 aromatic rings. The molecule has 3 aromatic carbocycles. The summed E-state index contributed by atoms with van der Waals surface area (Å²) in [5.74, 6) is 1.17. The Bertz CT molecular complexity index is 1920. The van der Waals surface area contributed by atoms with Crippen LogP contribution in [-0.4, -0.2) is 70.6 Å². The third kappa shape index (κ3) is 5.54. The Morgan fingerprint density at radius 3 is 2.27 bits per heavy atom. The molecule has 228 valence electrons. The van der Waals surface area contributed by atoms with E-state index in [9.17, 15) is 8.42 Å². The summed E-state index contributed by atoms with van der Waals surface area (Å²) in [6, 6.07) is 19.9. The normalized spacial score (nSPS) is 13.6. The number of aromatic nitrogens is 3. The Hall–Kier alpha value is -5.01. The number of fused-ring (bicyclic) bond motifs is 1. The quantitative estimate of drug-likeness (QED) is 0.246. The van der Waals surface area contributed by atoms with Gasteiger partial charge in [0.25, 0.3) is 10.0 Å². The lowest BCUT2D eigenvalue weighted by Gasteiger charge is -2.29. The molecule has 0 unspecified atom stereocenters. The minimum Gasteiger partial charge on any atom is -0.493 e. The van der Waals surface area contributed by atoms with Gasteiger partial charge >= 0.3 is 0 Å². The summed E-state index contributed by atoms with van der Waals surface area (Å²) in [6.45, 7) is 3.12. The fraction of sp³-hybridized carbons (Fsp3) is 0.226. The second-order valence-corrected chi connectivity index (χ2v) is 11.7. The number of sulfonamides is 1. The van der Waals surface area contributed by atoms with Crippen LogP contribution >= 0.6 is 0 Å². The molecule has 12 nitrogen and oxygen atoms in total. The van der Waals surface area contributed by atoms with Gasteiger partial charge in [0.15, 0.2) is 11.5 Å². The van der Waals surface area contributed by atoms with E-state index in [2.05, 4.69) is 31.7 Å². The van der Waals surface area contributed by atoms with Gasteiger partial charge in [-0.15, -0.1) is 0 Å². The topological polar surface area (TPSA) is 143 Å². The molecule has 0 spiro atoms. The number of anilines is 3. The molecule has 0 radical (unpaired) electrons. The monoisotopic (exact) mass is 616 g/mol. The first-order chi connectivity index (χ1) is 21.3. The van der Waals surface area contributed by atoms with Crippen LogP contribution in [0.2, 0.25) is 0 Å². The van der Waals surface area contributed by atoms with Crippen LogP contribution in [0, 0.1) is 0 Å². The Balaban J connectivity index is 1.34. The summed E-state index contributed by atoms with van der Waals surface area (Å²) in [5, 5.41) is 0. The number of methoxy groups -OCH3 is 3. The summed E-state index contributed by atoms with van der Waals surface area (Å²) in [6.07, 6.45) is 1.62. The van der Waals surface area contributed by atoms with Crippen molar-refractivity contribution >= 4 is 38.4 Å². The molecule has 3 N–H and O–H groups in total. The first-order valence-corrected chi connectivity index (χ1v) is 15.3. The number of morpholine rings is 1. The molecule has 0 aliphatic carbocycles. The van der Waals surface area contributed by atoms with Crippen molar-refractivity contribution in [3.63, 3.8) is 0 Å². The molecule has 0 saturated carbocycles. The SMILES string of the molecule is COc1ccc(S(=O)(=O)Nc2cc(-c3ccc4nc(N)n(-c5ccc(N6CCOCC6)cc5)c4c3)cnc2OC)cc1OC. The molecule has 13 heteroatoms. The lowest BCUT2D eigenvalue weighted by Crippen LogP contribution is -2.36. The van der Waals surface area contributed by atoms with E-state index in [1.54, 1.807) is 12.3 Å². The smallest absolute Gasteiger partial charge is 0.262 e. The standard InChI is InChI=1S/C31H32N6O6S/c1-40-28-11-9-24(18-29(28)41-2)44(38,39)35-26-16-21(19-33-30(26)42-3)20-4-10-25-27(17-20)37(31(32)34-25)23-7-5-22(6-8-23)36-12-14-43-15-13-36/h4-11,16-19,35H,12-15H2,1-3H3,(H2,32,34). The summed E-state index contributed by atoms with van der Waals surface area (Å²) in [5.41, 5.74) is 11.5. The highest BCUT2D eigenvalue weighted by atomic mass is 32.2. The van der Waals surface area contributed by atoms with Crippen molar-refractivity contribution < 1.29 is 27.4 Å². The van der Waals surface area contributed by atoms with Crippen molar-refractivity contribution in [3.05, 3.63) is 72.9 Å². The number of nitrogen functional groups attached to an aromatic ring is 1. The van der Waals surface area contributed by atoms with Gasteiger partial charge in [-0.25, -0.2) is 18.4 Å². The van der Waals surface area contributed by atoms with Crippen LogP contribution in [0.3, 0.4) is 0 Å². The van der Waals surface area contributed by atoms with E-state index < -0.39 is 10.0 Å². The molecule has 1 aliphatic rings. The summed E-state index contributed by atoms with van der Waals surface area (Å²) in [4.78, 5) is 11.2. The van der Waals surface area contributed by atoms with Gasteiger partial charge in [0, 0.05) is 42.3 Å². The van der Waals surface area contributed by atoms with Crippen molar-refractivity contribution in [3.8, 4) is 34.2 Å². The van der Waals surface area contributed by atoms with Gasteiger partial charge in [-0.1, -0.05) is 6.07 Å². The van der Waals surface area contributed by atoms with Crippen LogP contribution in [0.15, 0.2) is 77.8 Å². The predicted molar refractivity (Wildman–Crippen MR) is 169 cm³/mol. The van der Waals surface area contributed by atoms with Crippen molar-refractivity contribution in [1.82, 2.24) is 14.5 Å². The Labute approximate surface area is 255 Å². The maximum absolute atomic E-state index is 13.4. The van der Waals surface area contributed by atoms with E-state index in [1.807, 2.05) is 34.9 Å². The van der Waals surface area contributed by atoms with Crippen LogP contribution in [0.1, 0.15) is 0 Å². The van der Waals surface area contributed by atoms with Crippen LogP contribution in [0.4, 0.5) is 17.3 Å². The number of nitrogens with two attached hydrogens (primary N) is 1. The fourth-order valence-electron chi connectivity index (χ4n) is 5.21.